The van der Waals surface area contributed by atoms with Crippen molar-refractivity contribution in [1.29, 1.82) is 0 Å². The van der Waals surface area contributed by atoms with Gasteiger partial charge in [0.25, 0.3) is 0 Å². The van der Waals surface area contributed by atoms with Gasteiger partial charge in [0.15, 0.2) is 0 Å². The molecule has 104 valence electrons. The van der Waals surface area contributed by atoms with Crippen LogP contribution in [-0.4, -0.2) is 30.8 Å². The van der Waals surface area contributed by atoms with Gasteiger partial charge in [0, 0.05) is 6.61 Å². The first-order valence-electron chi connectivity index (χ1n) is 6.05. The number of rotatable bonds is 7. The van der Waals surface area contributed by atoms with Crippen LogP contribution in [0.15, 0.2) is 30.3 Å². The number of benzene rings is 1. The van der Waals surface area contributed by atoms with E-state index in [-0.39, 0.29) is 26.1 Å². The van der Waals surface area contributed by atoms with Crippen LogP contribution in [0.4, 0.5) is 0 Å². The van der Waals surface area contributed by atoms with Crippen molar-refractivity contribution in [2.24, 2.45) is 5.92 Å². The van der Waals surface area contributed by atoms with Crippen molar-refractivity contribution in [3.8, 4) is 0 Å². The maximum atomic E-state index is 11.6. The molecule has 1 atom stereocenters. The van der Waals surface area contributed by atoms with Crippen LogP contribution in [0, 0.1) is 5.92 Å². The first kappa shape index (κ1) is 15.2. The highest BCUT2D eigenvalue weighted by Gasteiger charge is 2.22. The van der Waals surface area contributed by atoms with Gasteiger partial charge in [-0.1, -0.05) is 30.3 Å². The summed E-state index contributed by atoms with van der Waals surface area (Å²) in [5.41, 5.74) is 0.882. The Morgan fingerprint density at radius 3 is 2.53 bits per heavy atom. The summed E-state index contributed by atoms with van der Waals surface area (Å²) in [4.78, 5) is 23.0. The van der Waals surface area contributed by atoms with Crippen LogP contribution in [0.5, 0.6) is 0 Å². The summed E-state index contributed by atoms with van der Waals surface area (Å²) in [6, 6.07) is 9.27. The quantitative estimate of drug-likeness (QED) is 0.753. The van der Waals surface area contributed by atoms with E-state index in [4.69, 9.17) is 9.84 Å². The predicted octanol–water partition coefficient (Wildman–Crippen LogP) is 1.29. The van der Waals surface area contributed by atoms with Gasteiger partial charge in [0.05, 0.1) is 19.4 Å². The fourth-order valence-corrected chi connectivity index (χ4v) is 1.62. The van der Waals surface area contributed by atoms with Crippen LogP contribution in [0.25, 0.3) is 0 Å². The summed E-state index contributed by atoms with van der Waals surface area (Å²) in [6.07, 6.45) is 0.104. The maximum Gasteiger partial charge on any atom is 0.309 e. The molecule has 0 unspecified atom stereocenters. The second kappa shape index (κ2) is 8.26. The number of hydrogen-bond donors (Lipinski definition) is 1. The number of aliphatic hydroxyl groups is 1. The fraction of sp³-hybridized carbons (Fsp3) is 0.429. The SMILES string of the molecule is COC(=O)[C@@H](CCO)CC(=O)OCc1ccccc1. The molecule has 0 saturated heterocycles. The number of esters is 2. The average Bonchev–Trinajstić information content (AvgIpc) is 2.45. The topological polar surface area (TPSA) is 72.8 Å². The Morgan fingerprint density at radius 1 is 1.26 bits per heavy atom. The van der Waals surface area contributed by atoms with Crippen LogP contribution in [0.2, 0.25) is 0 Å². The highest BCUT2D eigenvalue weighted by Crippen LogP contribution is 2.12. The zero-order valence-corrected chi connectivity index (χ0v) is 10.9. The van der Waals surface area contributed by atoms with E-state index in [1.165, 1.54) is 7.11 Å². The predicted molar refractivity (Wildman–Crippen MR) is 68.1 cm³/mol. The van der Waals surface area contributed by atoms with Crippen LogP contribution in [0.3, 0.4) is 0 Å². The average molecular weight is 266 g/mol. The van der Waals surface area contributed by atoms with Crippen molar-refractivity contribution in [2.75, 3.05) is 13.7 Å². The molecule has 0 aromatic heterocycles. The molecule has 0 saturated carbocycles. The van der Waals surface area contributed by atoms with Gasteiger partial charge >= 0.3 is 11.9 Å². The molecule has 5 heteroatoms. The number of methoxy groups -OCH3 is 1. The molecular formula is C14H18O5. The summed E-state index contributed by atoms with van der Waals surface area (Å²) in [6.45, 7) is -0.00156. The Hall–Kier alpha value is -1.88. The zero-order chi connectivity index (χ0) is 14.1. The van der Waals surface area contributed by atoms with E-state index in [0.717, 1.165) is 5.56 Å². The normalized spacial score (nSPS) is 11.7. The maximum absolute atomic E-state index is 11.6. The van der Waals surface area contributed by atoms with Crippen LogP contribution in [-0.2, 0) is 25.7 Å². The highest BCUT2D eigenvalue weighted by atomic mass is 16.5. The van der Waals surface area contributed by atoms with Gasteiger partial charge in [-0.25, -0.2) is 0 Å². The molecule has 1 aromatic rings. The monoisotopic (exact) mass is 266 g/mol. The Bertz CT molecular complexity index is 402. The van der Waals surface area contributed by atoms with Crippen LogP contribution >= 0.6 is 0 Å². The smallest absolute Gasteiger partial charge is 0.309 e. The third kappa shape index (κ3) is 5.52. The second-order valence-electron chi connectivity index (χ2n) is 4.08. The lowest BCUT2D eigenvalue weighted by atomic mass is 10.0. The molecule has 19 heavy (non-hydrogen) atoms. The third-order valence-electron chi connectivity index (χ3n) is 2.67. The van der Waals surface area contributed by atoms with Gasteiger partial charge in [0.1, 0.15) is 6.61 Å². The molecule has 0 amide bonds. The number of carbonyl (C=O) groups is 2. The van der Waals surface area contributed by atoms with E-state index < -0.39 is 17.9 Å². The number of hydrogen-bond acceptors (Lipinski definition) is 5. The Labute approximate surface area is 112 Å². The van der Waals surface area contributed by atoms with Gasteiger partial charge < -0.3 is 14.6 Å². The molecule has 1 N–H and O–H groups in total. The van der Waals surface area contributed by atoms with Gasteiger partial charge in [0.2, 0.25) is 0 Å². The van der Waals surface area contributed by atoms with E-state index in [1.54, 1.807) is 0 Å². The standard InChI is InChI=1S/C14H18O5/c1-18-14(17)12(7-8-15)9-13(16)19-10-11-5-3-2-4-6-11/h2-6,12,15H,7-10H2,1H3/t12-/m0/s1. The molecule has 0 spiro atoms. The van der Waals surface area contributed by atoms with Crippen molar-refractivity contribution >= 4 is 11.9 Å². The lowest BCUT2D eigenvalue weighted by Crippen LogP contribution is -2.22. The van der Waals surface area contributed by atoms with Gasteiger partial charge in [-0.05, 0) is 12.0 Å². The zero-order valence-electron chi connectivity index (χ0n) is 10.9. The third-order valence-corrected chi connectivity index (χ3v) is 2.67. The highest BCUT2D eigenvalue weighted by molar-refractivity contribution is 5.79. The molecule has 1 aromatic carbocycles. The molecule has 0 heterocycles. The number of aliphatic hydroxyl groups excluding tert-OH is 1. The minimum absolute atomic E-state index is 0.0833. The Kier molecular flexibility index (Phi) is 6.60. The largest absolute Gasteiger partial charge is 0.469 e. The lowest BCUT2D eigenvalue weighted by Gasteiger charge is -2.12. The van der Waals surface area contributed by atoms with Gasteiger partial charge in [-0.3, -0.25) is 9.59 Å². The Morgan fingerprint density at radius 2 is 1.95 bits per heavy atom. The van der Waals surface area contributed by atoms with Crippen molar-refractivity contribution in [1.82, 2.24) is 0 Å². The molecule has 0 aliphatic rings. The molecular weight excluding hydrogens is 248 g/mol. The van der Waals surface area contributed by atoms with E-state index in [0.29, 0.717) is 0 Å². The molecule has 0 fully saturated rings. The summed E-state index contributed by atoms with van der Waals surface area (Å²) in [7, 11) is 1.25. The molecule has 0 bridgehead atoms. The molecule has 0 aliphatic carbocycles. The van der Waals surface area contributed by atoms with Crippen molar-refractivity contribution < 1.29 is 24.2 Å². The van der Waals surface area contributed by atoms with Gasteiger partial charge in [-0.15, -0.1) is 0 Å². The first-order chi connectivity index (χ1) is 9.17. The number of ether oxygens (including phenoxy) is 2. The van der Waals surface area contributed by atoms with Crippen LogP contribution in [0.1, 0.15) is 18.4 Å². The van der Waals surface area contributed by atoms with E-state index in [9.17, 15) is 9.59 Å². The van der Waals surface area contributed by atoms with E-state index in [1.807, 2.05) is 30.3 Å². The van der Waals surface area contributed by atoms with Gasteiger partial charge in [-0.2, -0.15) is 0 Å². The summed E-state index contributed by atoms with van der Waals surface area (Å²) in [5.74, 6) is -1.64. The van der Waals surface area contributed by atoms with Crippen molar-refractivity contribution in [2.45, 2.75) is 19.4 Å². The van der Waals surface area contributed by atoms with Crippen LogP contribution < -0.4 is 0 Å². The van der Waals surface area contributed by atoms with E-state index in [2.05, 4.69) is 4.74 Å². The summed E-state index contributed by atoms with van der Waals surface area (Å²) < 4.78 is 9.64. The minimum Gasteiger partial charge on any atom is -0.469 e. The fourth-order valence-electron chi connectivity index (χ4n) is 1.62. The molecule has 0 aliphatic heterocycles. The first-order valence-corrected chi connectivity index (χ1v) is 6.05. The molecule has 5 nitrogen and oxygen atoms in total. The molecule has 1 rings (SSSR count). The second-order valence-corrected chi connectivity index (χ2v) is 4.08. The number of carbonyl (C=O) groups excluding carboxylic acids is 2. The van der Waals surface area contributed by atoms with Crippen molar-refractivity contribution in [3.63, 3.8) is 0 Å². The summed E-state index contributed by atoms with van der Waals surface area (Å²) in [5, 5.41) is 8.84. The van der Waals surface area contributed by atoms with E-state index >= 15 is 0 Å². The Balaban J connectivity index is 2.42. The molecule has 0 radical (unpaired) electrons. The minimum atomic E-state index is -0.654. The summed E-state index contributed by atoms with van der Waals surface area (Å²) >= 11 is 0. The van der Waals surface area contributed by atoms with Crippen molar-refractivity contribution in [3.05, 3.63) is 35.9 Å². The lowest BCUT2D eigenvalue weighted by molar-refractivity contribution is -0.154.